The van der Waals surface area contributed by atoms with Gasteiger partial charge in [0.2, 0.25) is 11.8 Å². The number of nitrogens with one attached hydrogen (secondary N) is 2. The van der Waals surface area contributed by atoms with Gasteiger partial charge in [0, 0.05) is 5.69 Å². The smallest absolute Gasteiger partial charge is 0.243 e. The molecule has 0 heterocycles. The Labute approximate surface area is 100 Å². The highest BCUT2D eigenvalue weighted by molar-refractivity contribution is 5.95. The summed E-state index contributed by atoms with van der Waals surface area (Å²) >= 11 is 0. The summed E-state index contributed by atoms with van der Waals surface area (Å²) in [4.78, 5) is 22.4. The second-order valence-electron chi connectivity index (χ2n) is 3.78. The van der Waals surface area contributed by atoms with E-state index < -0.39 is 0 Å². The molecule has 92 valence electrons. The van der Waals surface area contributed by atoms with E-state index in [0.29, 0.717) is 0 Å². The van der Waals surface area contributed by atoms with Crippen LogP contribution in [0.2, 0.25) is 0 Å². The van der Waals surface area contributed by atoms with Crippen LogP contribution in [0.3, 0.4) is 0 Å². The van der Waals surface area contributed by atoms with Gasteiger partial charge in [-0.1, -0.05) is 12.1 Å². The van der Waals surface area contributed by atoms with Crippen LogP contribution in [0.4, 0.5) is 5.69 Å². The Bertz CT molecular complexity index is 430. The van der Waals surface area contributed by atoms with Crippen LogP contribution in [0.1, 0.15) is 11.1 Å². The van der Waals surface area contributed by atoms with E-state index in [-0.39, 0.29) is 24.9 Å². The van der Waals surface area contributed by atoms with Gasteiger partial charge in [-0.05, 0) is 31.0 Å². The predicted molar refractivity (Wildman–Crippen MR) is 66.6 cm³/mol. The number of amides is 2. The van der Waals surface area contributed by atoms with Gasteiger partial charge in [-0.2, -0.15) is 0 Å². The molecule has 0 bridgehead atoms. The molecule has 0 unspecified atom stereocenters. The Kier molecular flexibility index (Phi) is 4.66. The molecule has 0 saturated carbocycles. The van der Waals surface area contributed by atoms with E-state index in [4.69, 9.17) is 5.73 Å². The number of aryl methyl sites for hydroxylation is 1. The van der Waals surface area contributed by atoms with Gasteiger partial charge in [-0.3, -0.25) is 9.59 Å². The monoisotopic (exact) mass is 235 g/mol. The third-order valence-electron chi connectivity index (χ3n) is 2.51. The van der Waals surface area contributed by atoms with E-state index in [1.807, 2.05) is 32.0 Å². The summed E-state index contributed by atoms with van der Waals surface area (Å²) < 4.78 is 0. The number of nitrogens with two attached hydrogens (primary N) is 1. The number of hydrogen-bond donors (Lipinski definition) is 3. The van der Waals surface area contributed by atoms with Crippen LogP contribution in [0, 0.1) is 13.8 Å². The fourth-order valence-corrected chi connectivity index (χ4v) is 1.33. The minimum absolute atomic E-state index is 0.0661. The molecule has 0 aliphatic heterocycles. The van der Waals surface area contributed by atoms with Crippen molar-refractivity contribution in [2.24, 2.45) is 5.73 Å². The lowest BCUT2D eigenvalue weighted by Crippen LogP contribution is -2.36. The van der Waals surface area contributed by atoms with Crippen LogP contribution >= 0.6 is 0 Å². The molecule has 0 aliphatic carbocycles. The van der Waals surface area contributed by atoms with E-state index in [0.717, 1.165) is 16.8 Å². The topological polar surface area (TPSA) is 84.2 Å². The second-order valence-corrected chi connectivity index (χ2v) is 3.78. The summed E-state index contributed by atoms with van der Waals surface area (Å²) in [6, 6.07) is 5.67. The molecule has 0 aromatic heterocycles. The molecule has 2 amide bonds. The number of anilines is 1. The van der Waals surface area contributed by atoms with Crippen molar-refractivity contribution < 1.29 is 9.59 Å². The third-order valence-corrected chi connectivity index (χ3v) is 2.51. The fraction of sp³-hybridized carbons (Fsp3) is 0.333. The summed E-state index contributed by atoms with van der Waals surface area (Å²) in [7, 11) is 0. The lowest BCUT2D eigenvalue weighted by molar-refractivity contribution is -0.123. The molecule has 5 heteroatoms. The van der Waals surface area contributed by atoms with Crippen LogP contribution in [0.15, 0.2) is 18.2 Å². The zero-order valence-electron chi connectivity index (χ0n) is 10.0. The largest absolute Gasteiger partial charge is 0.346 e. The Balaban J connectivity index is 2.56. The quantitative estimate of drug-likeness (QED) is 0.702. The Hall–Kier alpha value is -1.88. The first-order valence-corrected chi connectivity index (χ1v) is 5.37. The maximum atomic E-state index is 11.5. The summed E-state index contributed by atoms with van der Waals surface area (Å²) in [6.45, 7) is 3.73. The SMILES string of the molecule is Cc1cccc(NC(=O)CNC(=O)CN)c1C. The molecule has 0 saturated heterocycles. The van der Waals surface area contributed by atoms with Crippen LogP contribution in [-0.2, 0) is 9.59 Å². The Morgan fingerprint density at radius 2 is 1.94 bits per heavy atom. The molecular formula is C12H17N3O2. The molecule has 0 fully saturated rings. The van der Waals surface area contributed by atoms with Gasteiger partial charge >= 0.3 is 0 Å². The summed E-state index contributed by atoms with van der Waals surface area (Å²) in [5.74, 6) is -0.610. The molecule has 1 rings (SSSR count). The van der Waals surface area contributed by atoms with Gasteiger partial charge in [0.15, 0.2) is 0 Å². The lowest BCUT2D eigenvalue weighted by atomic mass is 10.1. The highest BCUT2D eigenvalue weighted by Crippen LogP contribution is 2.17. The minimum atomic E-state index is -0.346. The Morgan fingerprint density at radius 3 is 2.59 bits per heavy atom. The predicted octanol–water partition coefficient (Wildman–Crippen LogP) is 0.317. The van der Waals surface area contributed by atoms with Crippen molar-refractivity contribution in [2.45, 2.75) is 13.8 Å². The molecule has 17 heavy (non-hydrogen) atoms. The molecule has 0 spiro atoms. The van der Waals surface area contributed by atoms with Crippen molar-refractivity contribution in [1.29, 1.82) is 0 Å². The standard InChI is InChI=1S/C12H17N3O2/c1-8-4-3-5-10(9(8)2)15-12(17)7-14-11(16)6-13/h3-5H,6-7,13H2,1-2H3,(H,14,16)(H,15,17). The van der Waals surface area contributed by atoms with E-state index in [1.165, 1.54) is 0 Å². The maximum Gasteiger partial charge on any atom is 0.243 e. The average molecular weight is 235 g/mol. The molecule has 1 aromatic rings. The number of hydrogen-bond acceptors (Lipinski definition) is 3. The van der Waals surface area contributed by atoms with Crippen molar-refractivity contribution >= 4 is 17.5 Å². The molecular weight excluding hydrogens is 218 g/mol. The van der Waals surface area contributed by atoms with Gasteiger partial charge < -0.3 is 16.4 Å². The van der Waals surface area contributed by atoms with Gasteiger partial charge in [0.25, 0.3) is 0 Å². The maximum absolute atomic E-state index is 11.5. The molecule has 5 nitrogen and oxygen atoms in total. The van der Waals surface area contributed by atoms with Gasteiger partial charge in [0.1, 0.15) is 0 Å². The summed E-state index contributed by atoms with van der Waals surface area (Å²) in [6.07, 6.45) is 0. The minimum Gasteiger partial charge on any atom is -0.346 e. The van der Waals surface area contributed by atoms with Crippen molar-refractivity contribution in [3.8, 4) is 0 Å². The van der Waals surface area contributed by atoms with Crippen molar-refractivity contribution in [2.75, 3.05) is 18.4 Å². The second kappa shape index (κ2) is 6.00. The highest BCUT2D eigenvalue weighted by atomic mass is 16.2. The number of carbonyl (C=O) groups is 2. The van der Waals surface area contributed by atoms with Crippen LogP contribution in [-0.4, -0.2) is 24.9 Å². The van der Waals surface area contributed by atoms with E-state index >= 15 is 0 Å². The molecule has 0 atom stereocenters. The first-order valence-electron chi connectivity index (χ1n) is 5.37. The zero-order valence-corrected chi connectivity index (χ0v) is 10.0. The summed E-state index contributed by atoms with van der Waals surface area (Å²) in [5, 5.41) is 5.15. The van der Waals surface area contributed by atoms with Crippen LogP contribution in [0.25, 0.3) is 0 Å². The van der Waals surface area contributed by atoms with Gasteiger partial charge in [-0.15, -0.1) is 0 Å². The molecule has 0 radical (unpaired) electrons. The van der Waals surface area contributed by atoms with Crippen molar-refractivity contribution in [3.05, 3.63) is 29.3 Å². The third kappa shape index (κ3) is 3.88. The van der Waals surface area contributed by atoms with Gasteiger partial charge in [0.05, 0.1) is 13.1 Å². The van der Waals surface area contributed by atoms with Crippen LogP contribution < -0.4 is 16.4 Å². The normalized spacial score (nSPS) is 9.82. The fourth-order valence-electron chi connectivity index (χ4n) is 1.33. The highest BCUT2D eigenvalue weighted by Gasteiger charge is 2.06. The van der Waals surface area contributed by atoms with E-state index in [9.17, 15) is 9.59 Å². The van der Waals surface area contributed by atoms with Crippen molar-refractivity contribution in [1.82, 2.24) is 5.32 Å². The van der Waals surface area contributed by atoms with Crippen molar-refractivity contribution in [3.63, 3.8) is 0 Å². The summed E-state index contributed by atoms with van der Waals surface area (Å²) in [5.41, 5.74) is 8.00. The van der Waals surface area contributed by atoms with Gasteiger partial charge in [-0.25, -0.2) is 0 Å². The average Bonchev–Trinajstić information content (AvgIpc) is 2.32. The number of carbonyl (C=O) groups excluding carboxylic acids is 2. The first-order chi connectivity index (χ1) is 8.04. The van der Waals surface area contributed by atoms with E-state index in [1.54, 1.807) is 0 Å². The number of rotatable bonds is 4. The number of benzene rings is 1. The van der Waals surface area contributed by atoms with E-state index in [2.05, 4.69) is 10.6 Å². The molecule has 0 aliphatic rings. The lowest BCUT2D eigenvalue weighted by Gasteiger charge is -2.10. The van der Waals surface area contributed by atoms with Crippen LogP contribution in [0.5, 0.6) is 0 Å². The molecule has 4 N–H and O–H groups in total. The molecule has 1 aromatic carbocycles. The zero-order chi connectivity index (χ0) is 12.8. The first kappa shape index (κ1) is 13.2. The Morgan fingerprint density at radius 1 is 1.24 bits per heavy atom.